The van der Waals surface area contributed by atoms with Crippen LogP contribution in [0.2, 0.25) is 0 Å². The fourth-order valence-corrected chi connectivity index (χ4v) is 6.33. The largest absolute Gasteiger partial charge is 0.497 e. The quantitative estimate of drug-likeness (QED) is 0.440. The highest BCUT2D eigenvalue weighted by atomic mass is 32.2. The SMILES string of the molecule is COc1ccc(OC)c(-c2ccc(N3CCN(S(=O)(=O)c4ccc5c(c4)CCN5C(=O)C(F)(F)F)CC3)nn2)c1. The third kappa shape index (κ3) is 5.16. The summed E-state index contributed by atoms with van der Waals surface area (Å²) in [4.78, 5) is 14.3. The number of hydrogen-bond donors (Lipinski definition) is 0. The van der Waals surface area contributed by atoms with Crippen molar-refractivity contribution in [2.75, 3.05) is 56.7 Å². The first kappa shape index (κ1) is 27.6. The minimum atomic E-state index is -5.00. The Balaban J connectivity index is 1.26. The number of carbonyl (C=O) groups excluding carboxylic acids is 1. The van der Waals surface area contributed by atoms with Crippen LogP contribution in [0.4, 0.5) is 24.7 Å². The van der Waals surface area contributed by atoms with Gasteiger partial charge in [0.15, 0.2) is 5.82 Å². The monoisotopic (exact) mass is 577 g/mol. The molecule has 0 saturated carbocycles. The van der Waals surface area contributed by atoms with Crippen LogP contribution in [0.5, 0.6) is 11.5 Å². The standard InChI is InChI=1S/C26H26F3N5O5S/c1-38-18-3-7-23(39-2)20(16-18)21-5-8-24(31-30-21)32-11-13-33(14-12-32)40(36,37)19-4-6-22-17(15-19)9-10-34(22)25(35)26(27,28)29/h3-8,15-16H,9-14H2,1-2H3. The molecule has 2 aliphatic heterocycles. The maximum Gasteiger partial charge on any atom is 0.471 e. The van der Waals surface area contributed by atoms with Crippen molar-refractivity contribution in [1.29, 1.82) is 0 Å². The van der Waals surface area contributed by atoms with Gasteiger partial charge in [0, 0.05) is 44.0 Å². The van der Waals surface area contributed by atoms with Gasteiger partial charge in [-0.3, -0.25) is 4.79 Å². The van der Waals surface area contributed by atoms with Crippen molar-refractivity contribution < 1.29 is 35.9 Å². The molecule has 0 atom stereocenters. The van der Waals surface area contributed by atoms with Crippen molar-refractivity contribution in [2.45, 2.75) is 17.5 Å². The van der Waals surface area contributed by atoms with E-state index in [1.807, 2.05) is 4.90 Å². The molecule has 10 nitrogen and oxygen atoms in total. The second-order valence-corrected chi connectivity index (χ2v) is 11.2. The first-order valence-corrected chi connectivity index (χ1v) is 13.8. The number of rotatable bonds is 6. The van der Waals surface area contributed by atoms with Crippen molar-refractivity contribution in [3.05, 3.63) is 54.1 Å². The molecule has 1 saturated heterocycles. The number of nitrogens with zero attached hydrogens (tertiary/aromatic N) is 5. The van der Waals surface area contributed by atoms with Gasteiger partial charge in [0.05, 0.1) is 24.8 Å². The molecule has 2 aromatic carbocycles. The Bertz CT molecular complexity index is 1520. The van der Waals surface area contributed by atoms with Gasteiger partial charge in [-0.15, -0.1) is 10.2 Å². The number of ether oxygens (including phenoxy) is 2. The van der Waals surface area contributed by atoms with E-state index in [0.717, 1.165) is 5.56 Å². The van der Waals surface area contributed by atoms with E-state index in [2.05, 4.69) is 10.2 Å². The molecule has 1 fully saturated rings. The number of halogens is 3. The average molecular weight is 578 g/mol. The highest BCUT2D eigenvalue weighted by Crippen LogP contribution is 2.35. The number of piperazine rings is 1. The molecule has 0 bridgehead atoms. The van der Waals surface area contributed by atoms with Gasteiger partial charge in [0.1, 0.15) is 11.5 Å². The topological polar surface area (TPSA) is 105 Å². The fourth-order valence-electron chi connectivity index (χ4n) is 4.86. The number of anilines is 2. The molecule has 3 aromatic rings. The molecule has 5 rings (SSSR count). The Morgan fingerprint density at radius 3 is 2.27 bits per heavy atom. The number of carbonyl (C=O) groups is 1. The molecule has 2 aliphatic rings. The van der Waals surface area contributed by atoms with Crippen LogP contribution in [-0.2, 0) is 21.2 Å². The third-order valence-electron chi connectivity index (χ3n) is 6.97. The summed E-state index contributed by atoms with van der Waals surface area (Å²) in [6, 6.07) is 12.9. The Morgan fingerprint density at radius 1 is 0.900 bits per heavy atom. The second kappa shape index (κ2) is 10.6. The lowest BCUT2D eigenvalue weighted by molar-refractivity contribution is -0.170. The summed E-state index contributed by atoms with van der Waals surface area (Å²) in [5, 5.41) is 8.67. The summed E-state index contributed by atoms with van der Waals surface area (Å²) in [5.41, 5.74) is 1.78. The summed E-state index contributed by atoms with van der Waals surface area (Å²) in [7, 11) is -0.763. The molecule has 0 spiro atoms. The Labute approximate surface area is 229 Å². The van der Waals surface area contributed by atoms with E-state index in [4.69, 9.17) is 9.47 Å². The molecule has 3 heterocycles. The van der Waals surface area contributed by atoms with E-state index >= 15 is 0 Å². The minimum absolute atomic E-state index is 0.0163. The van der Waals surface area contributed by atoms with Gasteiger partial charge in [-0.05, 0) is 60.5 Å². The number of benzene rings is 2. The van der Waals surface area contributed by atoms with Gasteiger partial charge in [-0.2, -0.15) is 17.5 Å². The zero-order valence-corrected chi connectivity index (χ0v) is 22.5. The van der Waals surface area contributed by atoms with Crippen LogP contribution < -0.4 is 19.3 Å². The molecule has 40 heavy (non-hydrogen) atoms. The van der Waals surface area contributed by atoms with Crippen molar-refractivity contribution in [2.24, 2.45) is 0 Å². The van der Waals surface area contributed by atoms with E-state index in [1.54, 1.807) is 44.6 Å². The van der Waals surface area contributed by atoms with Crippen LogP contribution >= 0.6 is 0 Å². The van der Waals surface area contributed by atoms with Gasteiger partial charge in [-0.1, -0.05) is 0 Å². The van der Waals surface area contributed by atoms with Crippen molar-refractivity contribution in [3.63, 3.8) is 0 Å². The van der Waals surface area contributed by atoms with E-state index < -0.39 is 22.1 Å². The summed E-state index contributed by atoms with van der Waals surface area (Å²) in [5.74, 6) is -0.103. The Morgan fingerprint density at radius 2 is 1.65 bits per heavy atom. The molecule has 0 aliphatic carbocycles. The number of fused-ring (bicyclic) bond motifs is 1. The van der Waals surface area contributed by atoms with Crippen LogP contribution in [-0.4, -0.2) is 81.9 Å². The Hall–Kier alpha value is -3.91. The predicted molar refractivity (Wildman–Crippen MR) is 140 cm³/mol. The molecule has 1 amide bonds. The van der Waals surface area contributed by atoms with Crippen LogP contribution in [0.25, 0.3) is 11.3 Å². The number of hydrogen-bond acceptors (Lipinski definition) is 8. The smallest absolute Gasteiger partial charge is 0.471 e. The van der Waals surface area contributed by atoms with Gasteiger partial charge < -0.3 is 19.3 Å². The molecule has 0 unspecified atom stereocenters. The van der Waals surface area contributed by atoms with E-state index in [-0.39, 0.29) is 36.6 Å². The number of methoxy groups -OCH3 is 2. The Kier molecular flexibility index (Phi) is 7.31. The highest BCUT2D eigenvalue weighted by Gasteiger charge is 2.45. The van der Waals surface area contributed by atoms with Gasteiger partial charge >= 0.3 is 12.1 Å². The summed E-state index contributed by atoms with van der Waals surface area (Å²) in [6.07, 6.45) is -4.86. The zero-order chi connectivity index (χ0) is 28.7. The maximum atomic E-state index is 13.3. The molecular formula is C26H26F3N5O5S. The van der Waals surface area contributed by atoms with Gasteiger partial charge in [0.25, 0.3) is 0 Å². The van der Waals surface area contributed by atoms with Gasteiger partial charge in [0.2, 0.25) is 10.0 Å². The third-order valence-corrected chi connectivity index (χ3v) is 8.86. The normalized spacial score (nSPS) is 16.1. The van der Waals surface area contributed by atoms with Gasteiger partial charge in [-0.25, -0.2) is 8.42 Å². The first-order chi connectivity index (χ1) is 19.0. The molecular weight excluding hydrogens is 551 g/mol. The van der Waals surface area contributed by atoms with Crippen molar-refractivity contribution in [3.8, 4) is 22.8 Å². The predicted octanol–water partition coefficient (Wildman–Crippen LogP) is 3.12. The highest BCUT2D eigenvalue weighted by molar-refractivity contribution is 7.89. The van der Waals surface area contributed by atoms with E-state index in [0.29, 0.717) is 46.6 Å². The van der Waals surface area contributed by atoms with Crippen LogP contribution in [0.3, 0.4) is 0 Å². The number of amides is 1. The minimum Gasteiger partial charge on any atom is -0.497 e. The number of aromatic nitrogens is 2. The zero-order valence-electron chi connectivity index (χ0n) is 21.7. The molecule has 0 radical (unpaired) electrons. The molecule has 0 N–H and O–H groups in total. The average Bonchev–Trinajstić information content (AvgIpc) is 3.39. The summed E-state index contributed by atoms with van der Waals surface area (Å²) in [6.45, 7) is 0.958. The lowest BCUT2D eigenvalue weighted by atomic mass is 10.1. The number of sulfonamides is 1. The lowest BCUT2D eigenvalue weighted by Crippen LogP contribution is -2.49. The number of alkyl halides is 3. The van der Waals surface area contributed by atoms with Crippen molar-refractivity contribution in [1.82, 2.24) is 14.5 Å². The fraction of sp³-hybridized carbons (Fsp3) is 0.346. The molecule has 1 aromatic heterocycles. The first-order valence-electron chi connectivity index (χ1n) is 12.4. The molecule has 14 heteroatoms. The maximum absolute atomic E-state index is 13.3. The van der Waals surface area contributed by atoms with Crippen LogP contribution in [0, 0.1) is 0 Å². The van der Waals surface area contributed by atoms with E-state index in [9.17, 15) is 26.4 Å². The van der Waals surface area contributed by atoms with Crippen LogP contribution in [0.15, 0.2) is 53.4 Å². The molecule has 212 valence electrons. The summed E-state index contributed by atoms with van der Waals surface area (Å²) >= 11 is 0. The van der Waals surface area contributed by atoms with E-state index in [1.165, 1.54) is 22.5 Å². The second-order valence-electron chi connectivity index (χ2n) is 9.23. The van der Waals surface area contributed by atoms with Crippen LogP contribution in [0.1, 0.15) is 5.56 Å². The van der Waals surface area contributed by atoms with Crippen molar-refractivity contribution >= 4 is 27.4 Å². The summed E-state index contributed by atoms with van der Waals surface area (Å²) < 4.78 is 77.4. The lowest BCUT2D eigenvalue weighted by Gasteiger charge is -2.34.